The van der Waals surface area contributed by atoms with Gasteiger partial charge in [-0.1, -0.05) is 0 Å². The molecular formula is C26H26BrF3N6O4. The summed E-state index contributed by atoms with van der Waals surface area (Å²) in [6.07, 6.45) is -0.659. The Labute approximate surface area is 234 Å². The van der Waals surface area contributed by atoms with Gasteiger partial charge in [0, 0.05) is 25.4 Å². The maximum absolute atomic E-state index is 14.6. The number of alkyl halides is 2. The molecule has 4 heterocycles. The Balaban J connectivity index is 1.47. The van der Waals surface area contributed by atoms with Crippen LogP contribution >= 0.6 is 15.9 Å². The summed E-state index contributed by atoms with van der Waals surface area (Å²) in [5, 5.41) is 6.92. The maximum atomic E-state index is 14.6. The Kier molecular flexibility index (Phi) is 7.46. The zero-order chi connectivity index (χ0) is 28.8. The van der Waals surface area contributed by atoms with Crippen LogP contribution in [0.5, 0.6) is 0 Å². The third-order valence-electron chi connectivity index (χ3n) is 6.44. The lowest BCUT2D eigenvalue weighted by atomic mass is 10.1. The average molecular weight is 623 g/mol. The van der Waals surface area contributed by atoms with Gasteiger partial charge in [-0.2, -0.15) is 8.78 Å². The van der Waals surface area contributed by atoms with E-state index in [1.54, 1.807) is 48.4 Å². The second-order valence-electron chi connectivity index (χ2n) is 10.5. The van der Waals surface area contributed by atoms with Crippen molar-refractivity contribution in [3.63, 3.8) is 0 Å². The van der Waals surface area contributed by atoms with Gasteiger partial charge in [0.15, 0.2) is 0 Å². The van der Waals surface area contributed by atoms with Gasteiger partial charge < -0.3 is 14.1 Å². The third kappa shape index (κ3) is 5.62. The number of halogens is 4. The normalized spacial score (nSPS) is 16.2. The van der Waals surface area contributed by atoms with Crippen molar-refractivity contribution >= 4 is 33.1 Å². The molecule has 212 valence electrons. The minimum absolute atomic E-state index is 0.0122. The molecule has 1 aliphatic heterocycles. The topological polar surface area (TPSA) is 108 Å². The molecule has 1 saturated heterocycles. The SMILES string of the molecule is CC(C)(C)OC(=O)N1CCC[C@@H](n2c(=O)n(Cc3ccc(-c4nnc(C(F)F)o4)cn3)c3cc(F)c(Br)cc32)C1. The van der Waals surface area contributed by atoms with Crippen molar-refractivity contribution < 1.29 is 27.1 Å². The van der Waals surface area contributed by atoms with Gasteiger partial charge in [0.2, 0.25) is 5.89 Å². The third-order valence-corrected chi connectivity index (χ3v) is 7.04. The number of hydrogen-bond acceptors (Lipinski definition) is 7. The molecule has 0 saturated carbocycles. The van der Waals surface area contributed by atoms with E-state index in [0.29, 0.717) is 41.7 Å². The smallest absolute Gasteiger partial charge is 0.410 e. The lowest BCUT2D eigenvalue weighted by Crippen LogP contribution is -2.45. The fraction of sp³-hybridized carbons (Fsp3) is 0.423. The maximum Gasteiger partial charge on any atom is 0.410 e. The van der Waals surface area contributed by atoms with Gasteiger partial charge in [-0.25, -0.2) is 14.0 Å². The quantitative estimate of drug-likeness (QED) is 0.280. The van der Waals surface area contributed by atoms with Crippen LogP contribution in [0.3, 0.4) is 0 Å². The number of rotatable bonds is 5. The second kappa shape index (κ2) is 10.7. The highest BCUT2D eigenvalue weighted by Gasteiger charge is 2.31. The standard InChI is InChI=1S/C26H26BrF3N6O4/c1-26(2,3)40-25(38)34-8-4-5-16(13-34)36-20-9-17(27)18(28)10-19(20)35(24(36)37)12-15-7-6-14(11-31-15)22-32-33-23(39-22)21(29)30/h6-7,9-11,16,21H,4-5,8,12-13H2,1-3H3/t16-/m1/s1. The minimum Gasteiger partial charge on any atom is -0.444 e. The molecule has 0 spiro atoms. The van der Waals surface area contributed by atoms with Crippen LogP contribution in [0.2, 0.25) is 0 Å². The van der Waals surface area contributed by atoms with Gasteiger partial charge in [0.1, 0.15) is 11.4 Å². The van der Waals surface area contributed by atoms with Crippen LogP contribution in [0.4, 0.5) is 18.0 Å². The molecular weight excluding hydrogens is 597 g/mol. The van der Waals surface area contributed by atoms with Crippen LogP contribution in [0.1, 0.15) is 57.7 Å². The number of aromatic nitrogens is 5. The number of hydrogen-bond donors (Lipinski definition) is 0. The zero-order valence-electron chi connectivity index (χ0n) is 21.9. The molecule has 14 heteroatoms. The van der Waals surface area contributed by atoms with Crippen molar-refractivity contribution in [3.05, 3.63) is 62.8 Å². The van der Waals surface area contributed by atoms with Crippen LogP contribution in [0.25, 0.3) is 22.5 Å². The Hall–Kier alpha value is -3.68. The molecule has 1 aliphatic rings. The van der Waals surface area contributed by atoms with Crippen molar-refractivity contribution in [3.8, 4) is 11.5 Å². The van der Waals surface area contributed by atoms with E-state index in [4.69, 9.17) is 9.15 Å². The van der Waals surface area contributed by atoms with Crippen LogP contribution < -0.4 is 5.69 Å². The van der Waals surface area contributed by atoms with Gasteiger partial charge >= 0.3 is 18.2 Å². The lowest BCUT2D eigenvalue weighted by Gasteiger charge is -2.34. The molecule has 1 amide bonds. The number of piperidine rings is 1. The van der Waals surface area contributed by atoms with Gasteiger partial charge in [0.25, 0.3) is 5.89 Å². The predicted molar refractivity (Wildman–Crippen MR) is 142 cm³/mol. The van der Waals surface area contributed by atoms with Gasteiger partial charge in [-0.3, -0.25) is 14.1 Å². The summed E-state index contributed by atoms with van der Waals surface area (Å²) in [5.41, 5.74) is 0.628. The fourth-order valence-corrected chi connectivity index (χ4v) is 5.01. The van der Waals surface area contributed by atoms with E-state index in [2.05, 4.69) is 31.1 Å². The first-order chi connectivity index (χ1) is 18.9. The van der Waals surface area contributed by atoms with Crippen molar-refractivity contribution in [1.29, 1.82) is 0 Å². The molecule has 40 heavy (non-hydrogen) atoms. The van der Waals surface area contributed by atoms with Crippen molar-refractivity contribution in [2.45, 2.75) is 58.2 Å². The fourth-order valence-electron chi connectivity index (χ4n) is 4.68. The number of pyridine rings is 1. The first-order valence-electron chi connectivity index (χ1n) is 12.6. The molecule has 1 atom stereocenters. The number of likely N-dealkylation sites (tertiary alicyclic amines) is 1. The lowest BCUT2D eigenvalue weighted by molar-refractivity contribution is 0.0172. The number of nitrogens with zero attached hydrogens (tertiary/aromatic N) is 6. The van der Waals surface area contributed by atoms with Gasteiger partial charge in [-0.05, 0) is 67.7 Å². The van der Waals surface area contributed by atoms with Crippen LogP contribution in [-0.4, -0.2) is 54.0 Å². The monoisotopic (exact) mass is 622 g/mol. The van der Waals surface area contributed by atoms with E-state index in [1.807, 2.05) is 0 Å². The first kappa shape index (κ1) is 27.9. The van der Waals surface area contributed by atoms with Crippen LogP contribution in [-0.2, 0) is 11.3 Å². The summed E-state index contributed by atoms with van der Waals surface area (Å²) in [5.74, 6) is -1.44. The predicted octanol–water partition coefficient (Wildman–Crippen LogP) is 5.71. The number of fused-ring (bicyclic) bond motifs is 1. The van der Waals surface area contributed by atoms with Crippen LogP contribution in [0, 0.1) is 5.82 Å². The summed E-state index contributed by atoms with van der Waals surface area (Å²) in [7, 11) is 0. The van der Waals surface area contributed by atoms with Crippen molar-refractivity contribution in [2.24, 2.45) is 0 Å². The molecule has 1 aromatic carbocycles. The summed E-state index contributed by atoms with van der Waals surface area (Å²) < 4.78 is 53.9. The largest absolute Gasteiger partial charge is 0.444 e. The van der Waals surface area contributed by atoms with Crippen LogP contribution in [0.15, 0.2) is 44.1 Å². The molecule has 0 radical (unpaired) electrons. The van der Waals surface area contributed by atoms with Gasteiger partial charge in [-0.15, -0.1) is 10.2 Å². The number of amides is 1. The molecule has 1 fully saturated rings. The molecule has 5 rings (SSSR count). The first-order valence-corrected chi connectivity index (χ1v) is 13.3. The molecule has 0 aliphatic carbocycles. The zero-order valence-corrected chi connectivity index (χ0v) is 23.5. The number of benzene rings is 1. The Morgan fingerprint density at radius 1 is 1.23 bits per heavy atom. The molecule has 3 aromatic heterocycles. The summed E-state index contributed by atoms with van der Waals surface area (Å²) in [4.78, 5) is 32.5. The second-order valence-corrected chi connectivity index (χ2v) is 11.4. The van der Waals surface area contributed by atoms with E-state index in [9.17, 15) is 22.8 Å². The van der Waals surface area contributed by atoms with E-state index < -0.39 is 29.8 Å². The molecule has 0 unspecified atom stereocenters. The number of carbonyl (C=O) groups excluding carboxylic acids is 1. The molecule has 4 aromatic rings. The van der Waals surface area contributed by atoms with E-state index >= 15 is 0 Å². The Morgan fingerprint density at radius 2 is 2.00 bits per heavy atom. The molecule has 0 N–H and O–H groups in total. The minimum atomic E-state index is -2.89. The highest BCUT2D eigenvalue weighted by molar-refractivity contribution is 9.10. The Morgan fingerprint density at radius 3 is 2.65 bits per heavy atom. The molecule has 10 nitrogen and oxygen atoms in total. The molecule has 0 bridgehead atoms. The number of ether oxygens (including phenoxy) is 1. The van der Waals surface area contributed by atoms with E-state index in [1.165, 1.54) is 16.8 Å². The van der Waals surface area contributed by atoms with E-state index in [-0.39, 0.29) is 35.2 Å². The summed E-state index contributed by atoms with van der Waals surface area (Å²) in [6, 6.07) is 5.64. The highest BCUT2D eigenvalue weighted by Crippen LogP contribution is 2.30. The van der Waals surface area contributed by atoms with Crippen molar-refractivity contribution in [2.75, 3.05) is 13.1 Å². The Bertz CT molecular complexity index is 1610. The van der Waals surface area contributed by atoms with Crippen molar-refractivity contribution in [1.82, 2.24) is 29.2 Å². The highest BCUT2D eigenvalue weighted by atomic mass is 79.9. The van der Waals surface area contributed by atoms with E-state index in [0.717, 1.165) is 0 Å². The summed E-state index contributed by atoms with van der Waals surface area (Å²) in [6.45, 7) is 6.16. The van der Waals surface area contributed by atoms with Gasteiger partial charge in [0.05, 0.1) is 39.4 Å². The summed E-state index contributed by atoms with van der Waals surface area (Å²) >= 11 is 3.22. The average Bonchev–Trinajstić information content (AvgIpc) is 3.48. The number of imidazole rings is 1. The number of carbonyl (C=O) groups is 1.